The van der Waals surface area contributed by atoms with Crippen molar-refractivity contribution in [3.63, 3.8) is 0 Å². The van der Waals surface area contributed by atoms with Crippen molar-refractivity contribution >= 4 is 23.5 Å². The maximum absolute atomic E-state index is 15.6. The van der Waals surface area contributed by atoms with Crippen molar-refractivity contribution in [2.24, 2.45) is 5.92 Å². The zero-order valence-electron chi connectivity index (χ0n) is 35.5. The summed E-state index contributed by atoms with van der Waals surface area (Å²) in [5.74, 6) is 4.23. The first-order valence-corrected chi connectivity index (χ1v) is 21.6. The highest BCUT2D eigenvalue weighted by atomic mass is 16.6. The fourth-order valence-corrected chi connectivity index (χ4v) is 9.83. The van der Waals surface area contributed by atoms with Gasteiger partial charge in [-0.3, -0.25) is 29.2 Å². The average Bonchev–Trinajstić information content (AvgIpc) is 3.80. The van der Waals surface area contributed by atoms with E-state index in [0.717, 1.165) is 23.4 Å². The van der Waals surface area contributed by atoms with Crippen LogP contribution in [0.25, 0.3) is 0 Å². The number of morpholine rings is 1. The lowest BCUT2D eigenvalue weighted by atomic mass is 9.65. The number of cyclic esters (lactones) is 1. The molecule has 2 fully saturated rings. The minimum Gasteiger partial charge on any atom is -0.491 e. The van der Waals surface area contributed by atoms with Crippen molar-refractivity contribution in [1.29, 1.82) is 0 Å². The van der Waals surface area contributed by atoms with Crippen LogP contribution >= 0.6 is 0 Å². The number of carbonyl (C=O) groups is 3. The molecule has 0 radical (unpaired) electrons. The molecular weight excluding hydrogens is 803 g/mol. The van der Waals surface area contributed by atoms with Crippen molar-refractivity contribution < 1.29 is 29.0 Å². The second kappa shape index (κ2) is 18.7. The molecule has 64 heavy (non-hydrogen) atoms. The molecule has 3 aliphatic heterocycles. The fourth-order valence-electron chi connectivity index (χ4n) is 9.83. The van der Waals surface area contributed by atoms with Gasteiger partial charge in [-0.05, 0) is 65.7 Å². The molecule has 3 aliphatic rings. The van der Waals surface area contributed by atoms with Crippen LogP contribution in [0.2, 0.25) is 0 Å². The maximum Gasteiger partial charge on any atom is 0.324 e. The zero-order valence-corrected chi connectivity index (χ0v) is 35.5. The predicted octanol–water partition coefficient (Wildman–Crippen LogP) is 6.57. The predicted molar refractivity (Wildman–Crippen MR) is 243 cm³/mol. The number of aliphatic hydroxyl groups excluding tert-OH is 1. The zero-order chi connectivity index (χ0) is 44.0. The summed E-state index contributed by atoms with van der Waals surface area (Å²) in [6.07, 6.45) is 1.31. The average molecular weight is 852 g/mol. The van der Waals surface area contributed by atoms with E-state index in [1.165, 1.54) is 5.56 Å². The van der Waals surface area contributed by atoms with E-state index >= 15 is 14.4 Å². The molecule has 1 spiro atoms. The number of amides is 2. The molecular formula is C53H49N5O6. The van der Waals surface area contributed by atoms with E-state index in [2.05, 4.69) is 44.5 Å². The number of hydrogen-bond donors (Lipinski definition) is 3. The smallest absolute Gasteiger partial charge is 0.324 e. The van der Waals surface area contributed by atoms with Crippen molar-refractivity contribution in [3.05, 3.63) is 197 Å². The van der Waals surface area contributed by atoms with Gasteiger partial charge >= 0.3 is 5.97 Å². The Labute approximate surface area is 373 Å². The summed E-state index contributed by atoms with van der Waals surface area (Å²) < 4.78 is 12.8. The van der Waals surface area contributed by atoms with Gasteiger partial charge in [0.05, 0.1) is 31.2 Å². The monoisotopic (exact) mass is 851 g/mol. The molecule has 9 rings (SSSR count). The van der Waals surface area contributed by atoms with E-state index in [-0.39, 0.29) is 19.8 Å². The highest BCUT2D eigenvalue weighted by molar-refractivity contribution is 6.12. The summed E-state index contributed by atoms with van der Waals surface area (Å²) in [6.45, 7) is 1.14. The summed E-state index contributed by atoms with van der Waals surface area (Å²) >= 11 is 0. The number of ether oxygens (including phenoxy) is 2. The Balaban J connectivity index is 1.24. The molecule has 3 N–H and O–H groups in total. The standard InChI is InChI=1S/C53H49N5O6/c1-57(35-37-16-5-2-6-17-37)31-15-18-36-26-27-43-42(34-36)53(52(62)56-43)45(50(60)55-30-28-40-23-13-14-29-54-40)47-51(61)64-48(39-21-9-4-10-22-39)46(38-19-7-3-8-20-38)58(47)49(53)41-24-11-12-25-44(41)63-33-32-59/h2-14,16-17,19-27,29,34,45-49,59H,28,30-33,35H2,1H3,(H,55,60)(H,56,62)/t45-,46-,47-,48+,49+,53-/m1/s1. The Hall–Kier alpha value is -7.10. The number of fused-ring (bicyclic) bond motifs is 3. The van der Waals surface area contributed by atoms with E-state index in [1.54, 1.807) is 12.3 Å². The molecule has 11 nitrogen and oxygen atoms in total. The summed E-state index contributed by atoms with van der Waals surface area (Å²) in [5.41, 5.74) is 4.11. The molecule has 0 aliphatic carbocycles. The van der Waals surface area contributed by atoms with Crippen LogP contribution in [0, 0.1) is 17.8 Å². The lowest BCUT2D eigenvalue weighted by molar-refractivity contribution is -0.178. The van der Waals surface area contributed by atoms with Gasteiger partial charge in [0.15, 0.2) is 0 Å². The van der Waals surface area contributed by atoms with E-state index < -0.39 is 53.3 Å². The number of carbonyl (C=O) groups excluding carboxylic acids is 3. The van der Waals surface area contributed by atoms with E-state index in [1.807, 2.05) is 145 Å². The van der Waals surface area contributed by atoms with Crippen LogP contribution in [0.4, 0.5) is 5.69 Å². The van der Waals surface area contributed by atoms with Crippen LogP contribution in [0.15, 0.2) is 158 Å². The first-order valence-electron chi connectivity index (χ1n) is 21.6. The molecule has 6 aromatic rings. The second-order valence-electron chi connectivity index (χ2n) is 16.4. The summed E-state index contributed by atoms with van der Waals surface area (Å²) in [7, 11) is 2.01. The first kappa shape index (κ1) is 42.2. The summed E-state index contributed by atoms with van der Waals surface area (Å²) in [6, 6.07) is 45.2. The SMILES string of the molecule is CN(CC#Cc1ccc2c(c1)[C@]1(C(=O)N2)[C@H](c2ccccc2OCCO)N2[C@H](c3ccccc3)[C@H](c3ccccc3)OC(=O)[C@H]2[C@@H]1C(=O)NCCc1ccccn1)Cc1ccccc1. The number of nitrogens with zero attached hydrogens (tertiary/aromatic N) is 3. The van der Waals surface area contributed by atoms with Gasteiger partial charge in [-0.2, -0.15) is 0 Å². The third-order valence-electron chi connectivity index (χ3n) is 12.4. The van der Waals surface area contributed by atoms with Gasteiger partial charge in [0.25, 0.3) is 0 Å². The van der Waals surface area contributed by atoms with Crippen LogP contribution in [0.5, 0.6) is 5.75 Å². The third-order valence-corrected chi connectivity index (χ3v) is 12.4. The number of aromatic nitrogens is 1. The molecule has 322 valence electrons. The van der Waals surface area contributed by atoms with Crippen LogP contribution in [0.3, 0.4) is 0 Å². The minimum atomic E-state index is -1.73. The Morgan fingerprint density at radius 1 is 0.875 bits per heavy atom. The molecule has 0 unspecified atom stereocenters. The van der Waals surface area contributed by atoms with Crippen LogP contribution in [-0.4, -0.2) is 77.1 Å². The molecule has 6 atom stereocenters. The number of benzene rings is 5. The van der Waals surface area contributed by atoms with Crippen LogP contribution in [-0.2, 0) is 37.5 Å². The van der Waals surface area contributed by atoms with Gasteiger partial charge in [-0.1, -0.05) is 127 Å². The van der Waals surface area contributed by atoms with Crippen molar-refractivity contribution in [3.8, 4) is 17.6 Å². The molecule has 2 saturated heterocycles. The minimum absolute atomic E-state index is 0.0182. The molecule has 1 aromatic heterocycles. The number of para-hydroxylation sites is 1. The number of hydrogen-bond acceptors (Lipinski definition) is 9. The summed E-state index contributed by atoms with van der Waals surface area (Å²) in [4.78, 5) is 54.8. The fraction of sp³-hybridized carbons (Fsp3) is 0.245. The number of rotatable bonds is 13. The Morgan fingerprint density at radius 2 is 1.58 bits per heavy atom. The number of aliphatic hydroxyl groups is 1. The first-order chi connectivity index (χ1) is 31.4. The molecule has 5 aromatic carbocycles. The highest BCUT2D eigenvalue weighted by Gasteiger charge is 2.74. The van der Waals surface area contributed by atoms with Gasteiger partial charge in [-0.15, -0.1) is 0 Å². The highest BCUT2D eigenvalue weighted by Crippen LogP contribution is 2.65. The molecule has 0 saturated carbocycles. The van der Waals surface area contributed by atoms with Crippen molar-refractivity contribution in [1.82, 2.24) is 20.1 Å². The van der Waals surface area contributed by atoms with Crippen LogP contribution < -0.4 is 15.4 Å². The van der Waals surface area contributed by atoms with E-state index in [4.69, 9.17) is 9.47 Å². The Bertz CT molecular complexity index is 2670. The lowest BCUT2D eigenvalue weighted by Crippen LogP contribution is -2.55. The number of pyridine rings is 1. The van der Waals surface area contributed by atoms with Gasteiger partial charge in [0.1, 0.15) is 29.9 Å². The Morgan fingerprint density at radius 3 is 2.31 bits per heavy atom. The quantitative estimate of drug-likeness (QED) is 0.0873. The topological polar surface area (TPSA) is 133 Å². The van der Waals surface area contributed by atoms with Gasteiger partial charge in [-0.25, -0.2) is 0 Å². The van der Waals surface area contributed by atoms with Gasteiger partial charge in [0, 0.05) is 48.2 Å². The normalized spacial score (nSPS) is 22.2. The molecule has 2 amide bonds. The van der Waals surface area contributed by atoms with Crippen molar-refractivity contribution in [2.75, 3.05) is 38.7 Å². The largest absolute Gasteiger partial charge is 0.491 e. The number of esters is 1. The molecule has 4 heterocycles. The van der Waals surface area contributed by atoms with Gasteiger partial charge < -0.3 is 25.2 Å². The van der Waals surface area contributed by atoms with Crippen molar-refractivity contribution in [2.45, 2.75) is 42.6 Å². The maximum atomic E-state index is 15.6. The second-order valence-corrected chi connectivity index (χ2v) is 16.4. The molecule has 0 bridgehead atoms. The Kier molecular flexibility index (Phi) is 12.3. The third kappa shape index (κ3) is 8.03. The molecule has 11 heteroatoms. The number of anilines is 1. The van der Waals surface area contributed by atoms with E-state index in [9.17, 15) is 5.11 Å². The van der Waals surface area contributed by atoms with Crippen LogP contribution in [0.1, 0.15) is 57.3 Å². The lowest BCUT2D eigenvalue weighted by Gasteiger charge is -2.46. The van der Waals surface area contributed by atoms with Gasteiger partial charge in [0.2, 0.25) is 11.8 Å². The number of nitrogens with one attached hydrogen (secondary N) is 2. The van der Waals surface area contributed by atoms with E-state index in [0.29, 0.717) is 41.1 Å². The summed E-state index contributed by atoms with van der Waals surface area (Å²) in [5, 5.41) is 16.3.